The quantitative estimate of drug-likeness (QED) is 0.233. The number of primary amides is 1. The van der Waals surface area contributed by atoms with Gasteiger partial charge in [0.2, 0.25) is 12.7 Å². The summed E-state index contributed by atoms with van der Waals surface area (Å²) >= 11 is 0. The number of carbonyl (C=O) groups is 5. The van der Waals surface area contributed by atoms with Crippen molar-refractivity contribution in [2.75, 3.05) is 13.1 Å². The van der Waals surface area contributed by atoms with Gasteiger partial charge in [-0.15, -0.1) is 0 Å². The number of benzene rings is 1. The van der Waals surface area contributed by atoms with E-state index in [4.69, 9.17) is 24.7 Å². The van der Waals surface area contributed by atoms with Crippen LogP contribution in [0.25, 0.3) is 0 Å². The molecule has 3 unspecified atom stereocenters. The molecule has 3 atom stereocenters. The van der Waals surface area contributed by atoms with Crippen LogP contribution >= 0.6 is 0 Å². The number of nitrogens with one attached hydrogen (secondary N) is 2. The minimum Gasteiger partial charge on any atom is -0.464 e. The Balaban J connectivity index is 2.20. The van der Waals surface area contributed by atoms with Crippen LogP contribution in [0.2, 0.25) is 0 Å². The molecule has 1 aliphatic rings. The zero-order chi connectivity index (χ0) is 23.5. The summed E-state index contributed by atoms with van der Waals surface area (Å²) in [5.74, 6) is -0.886. The standard InChI is InChI=1S/C20H25N3O9/c1-12(26)30-14-7-15(9-24)31-18(8-14)32-17-3-2-13(10-29-20(21)28)6-16(17)19(27)23-5-4-22-11-25/h2-3,6,9,11,14-15,18H,4-5,7-8,10H2,1H3,(H2,21,28)(H,22,25)(H,23,27). The molecule has 0 bridgehead atoms. The Hall–Kier alpha value is -3.67. The van der Waals surface area contributed by atoms with Crippen LogP contribution in [0.5, 0.6) is 5.75 Å². The van der Waals surface area contributed by atoms with Crippen LogP contribution in [-0.4, -0.2) is 62.3 Å². The minimum atomic E-state index is -0.969. The van der Waals surface area contributed by atoms with Crippen LogP contribution < -0.4 is 21.1 Å². The number of hydrogen-bond acceptors (Lipinski definition) is 9. The van der Waals surface area contributed by atoms with E-state index in [9.17, 15) is 24.0 Å². The molecule has 0 saturated carbocycles. The average Bonchev–Trinajstić information content (AvgIpc) is 2.75. The fraction of sp³-hybridized carbons (Fsp3) is 0.450. The molecule has 1 fully saturated rings. The van der Waals surface area contributed by atoms with E-state index in [1.165, 1.54) is 19.1 Å². The Labute approximate surface area is 183 Å². The molecule has 1 saturated heterocycles. The summed E-state index contributed by atoms with van der Waals surface area (Å²) in [4.78, 5) is 56.4. The van der Waals surface area contributed by atoms with Crippen molar-refractivity contribution in [1.82, 2.24) is 10.6 Å². The number of amides is 3. The Morgan fingerprint density at radius 3 is 2.66 bits per heavy atom. The Morgan fingerprint density at radius 1 is 1.22 bits per heavy atom. The first-order valence-electron chi connectivity index (χ1n) is 9.77. The van der Waals surface area contributed by atoms with Crippen molar-refractivity contribution in [2.24, 2.45) is 5.73 Å². The summed E-state index contributed by atoms with van der Waals surface area (Å²) in [7, 11) is 0. The van der Waals surface area contributed by atoms with E-state index in [0.717, 1.165) is 0 Å². The summed E-state index contributed by atoms with van der Waals surface area (Å²) in [5, 5.41) is 5.04. The summed E-state index contributed by atoms with van der Waals surface area (Å²) in [5.41, 5.74) is 5.55. The lowest BCUT2D eigenvalue weighted by Gasteiger charge is -2.32. The molecule has 0 spiro atoms. The van der Waals surface area contributed by atoms with Crippen molar-refractivity contribution < 1.29 is 42.9 Å². The number of ether oxygens (including phenoxy) is 4. The SMILES string of the molecule is CC(=O)OC1CC(C=O)OC(Oc2ccc(COC(N)=O)cc2C(=O)NCCNC=O)C1. The van der Waals surface area contributed by atoms with Crippen LogP contribution in [0.1, 0.15) is 35.7 Å². The molecule has 12 heteroatoms. The largest absolute Gasteiger partial charge is 0.464 e. The molecule has 32 heavy (non-hydrogen) atoms. The van der Waals surface area contributed by atoms with Gasteiger partial charge in [0.15, 0.2) is 0 Å². The fourth-order valence-electron chi connectivity index (χ4n) is 3.02. The first kappa shape index (κ1) is 24.6. The highest BCUT2D eigenvalue weighted by Crippen LogP contribution is 2.28. The third kappa shape index (κ3) is 7.87. The molecular weight excluding hydrogens is 426 g/mol. The second-order valence-corrected chi connectivity index (χ2v) is 6.83. The van der Waals surface area contributed by atoms with Gasteiger partial charge < -0.3 is 40.1 Å². The van der Waals surface area contributed by atoms with E-state index >= 15 is 0 Å². The maximum absolute atomic E-state index is 12.7. The van der Waals surface area contributed by atoms with Crippen molar-refractivity contribution in [3.63, 3.8) is 0 Å². The van der Waals surface area contributed by atoms with Gasteiger partial charge in [0.1, 0.15) is 30.9 Å². The molecule has 174 valence electrons. The zero-order valence-corrected chi connectivity index (χ0v) is 17.4. The smallest absolute Gasteiger partial charge is 0.404 e. The minimum absolute atomic E-state index is 0.0996. The van der Waals surface area contributed by atoms with Gasteiger partial charge in [-0.25, -0.2) is 4.79 Å². The number of carbonyl (C=O) groups excluding carboxylic acids is 5. The Morgan fingerprint density at radius 2 is 2.00 bits per heavy atom. The van der Waals surface area contributed by atoms with Gasteiger partial charge in [-0.3, -0.25) is 14.4 Å². The number of esters is 1. The van der Waals surface area contributed by atoms with Crippen molar-refractivity contribution >= 4 is 30.7 Å². The topological polar surface area (TPSA) is 172 Å². The Bertz CT molecular complexity index is 846. The summed E-state index contributed by atoms with van der Waals surface area (Å²) in [6.07, 6.45) is -1.91. The van der Waals surface area contributed by atoms with Gasteiger partial charge in [0.25, 0.3) is 5.91 Å². The number of nitrogens with two attached hydrogens (primary N) is 1. The van der Waals surface area contributed by atoms with E-state index in [1.54, 1.807) is 6.07 Å². The third-order valence-electron chi connectivity index (χ3n) is 4.33. The van der Waals surface area contributed by atoms with E-state index in [-0.39, 0.29) is 43.9 Å². The van der Waals surface area contributed by atoms with E-state index in [1.807, 2.05) is 0 Å². The van der Waals surface area contributed by atoms with Crippen LogP contribution in [0.4, 0.5) is 4.79 Å². The first-order chi connectivity index (χ1) is 15.3. The zero-order valence-electron chi connectivity index (χ0n) is 17.4. The molecule has 12 nitrogen and oxygen atoms in total. The van der Waals surface area contributed by atoms with Crippen LogP contribution in [-0.2, 0) is 35.2 Å². The molecule has 1 heterocycles. The molecule has 2 rings (SSSR count). The van der Waals surface area contributed by atoms with Gasteiger partial charge in [0, 0.05) is 32.9 Å². The van der Waals surface area contributed by atoms with Gasteiger partial charge in [0.05, 0.1) is 5.56 Å². The number of aldehydes is 1. The molecule has 3 amide bonds. The Kier molecular flexibility index (Phi) is 9.42. The average molecular weight is 451 g/mol. The molecule has 0 radical (unpaired) electrons. The molecule has 1 aromatic rings. The van der Waals surface area contributed by atoms with Gasteiger partial charge in [-0.05, 0) is 17.7 Å². The van der Waals surface area contributed by atoms with Crippen molar-refractivity contribution in [2.45, 2.75) is 44.9 Å². The maximum atomic E-state index is 12.7. The lowest BCUT2D eigenvalue weighted by atomic mass is 10.1. The maximum Gasteiger partial charge on any atom is 0.404 e. The summed E-state index contributed by atoms with van der Waals surface area (Å²) in [6.45, 7) is 1.47. The lowest BCUT2D eigenvalue weighted by Crippen LogP contribution is -2.41. The van der Waals surface area contributed by atoms with Crippen LogP contribution in [0.3, 0.4) is 0 Å². The fourth-order valence-corrected chi connectivity index (χ4v) is 3.02. The highest BCUT2D eigenvalue weighted by atomic mass is 16.7. The predicted octanol–water partition coefficient (Wildman–Crippen LogP) is -0.228. The highest BCUT2D eigenvalue weighted by molar-refractivity contribution is 5.97. The first-order valence-corrected chi connectivity index (χ1v) is 9.77. The molecular formula is C20H25N3O9. The van der Waals surface area contributed by atoms with Crippen molar-refractivity contribution in [3.8, 4) is 5.75 Å². The summed E-state index contributed by atoms with van der Waals surface area (Å²) in [6, 6.07) is 4.49. The van der Waals surface area contributed by atoms with Gasteiger partial charge in [-0.2, -0.15) is 0 Å². The normalized spacial score (nSPS) is 19.8. The molecule has 0 aromatic heterocycles. The van der Waals surface area contributed by atoms with Crippen molar-refractivity contribution in [1.29, 1.82) is 0 Å². The predicted molar refractivity (Wildman–Crippen MR) is 107 cm³/mol. The van der Waals surface area contributed by atoms with Gasteiger partial charge in [-0.1, -0.05) is 6.07 Å². The summed E-state index contributed by atoms with van der Waals surface area (Å²) < 4.78 is 21.3. The van der Waals surface area contributed by atoms with E-state index in [2.05, 4.69) is 10.6 Å². The highest BCUT2D eigenvalue weighted by Gasteiger charge is 2.33. The molecule has 1 aromatic carbocycles. The molecule has 1 aliphatic heterocycles. The second-order valence-electron chi connectivity index (χ2n) is 6.83. The molecule has 0 aliphatic carbocycles. The monoisotopic (exact) mass is 451 g/mol. The lowest BCUT2D eigenvalue weighted by molar-refractivity contribution is -0.188. The van der Waals surface area contributed by atoms with E-state index in [0.29, 0.717) is 18.3 Å². The number of rotatable bonds is 11. The van der Waals surface area contributed by atoms with Crippen LogP contribution in [0, 0.1) is 0 Å². The van der Waals surface area contributed by atoms with Gasteiger partial charge >= 0.3 is 12.1 Å². The molecule has 4 N–H and O–H groups in total. The van der Waals surface area contributed by atoms with E-state index < -0.39 is 36.5 Å². The number of hydrogen-bond donors (Lipinski definition) is 3. The third-order valence-corrected chi connectivity index (χ3v) is 4.33. The second kappa shape index (κ2) is 12.2. The van der Waals surface area contributed by atoms with Crippen molar-refractivity contribution in [3.05, 3.63) is 29.3 Å². The van der Waals surface area contributed by atoms with Crippen LogP contribution in [0.15, 0.2) is 18.2 Å².